The molecule has 90 valence electrons. The van der Waals surface area contributed by atoms with Crippen molar-refractivity contribution in [1.29, 1.82) is 0 Å². The van der Waals surface area contributed by atoms with Crippen LogP contribution in [0.25, 0.3) is 0 Å². The smallest absolute Gasteiger partial charge is 0.295 e. The van der Waals surface area contributed by atoms with E-state index >= 15 is 0 Å². The lowest BCUT2D eigenvalue weighted by atomic mass is 9.98. The largest absolute Gasteiger partial charge is 0.408 e. The molecule has 0 saturated carbocycles. The van der Waals surface area contributed by atoms with E-state index in [1.54, 1.807) is 25.1 Å². The standard InChI is InChI=1S/C12H16F3N/c1-8-5-6-10(9(2)7-8)11(16(3)4)12(13,14)15/h5-7,11H,1-4H3. The van der Waals surface area contributed by atoms with Crippen molar-refractivity contribution in [2.75, 3.05) is 14.1 Å². The summed E-state index contributed by atoms with van der Waals surface area (Å²) in [5, 5.41) is 0. The predicted octanol–water partition coefficient (Wildman–Crippen LogP) is 3.47. The van der Waals surface area contributed by atoms with E-state index in [-0.39, 0.29) is 0 Å². The number of alkyl halides is 3. The summed E-state index contributed by atoms with van der Waals surface area (Å²) in [7, 11) is 2.88. The van der Waals surface area contributed by atoms with Crippen LogP contribution in [0.3, 0.4) is 0 Å². The van der Waals surface area contributed by atoms with Crippen molar-refractivity contribution in [3.8, 4) is 0 Å². The molecule has 0 fully saturated rings. The molecule has 1 nitrogen and oxygen atoms in total. The van der Waals surface area contributed by atoms with Gasteiger partial charge in [-0.3, -0.25) is 4.90 Å². The minimum atomic E-state index is -4.25. The van der Waals surface area contributed by atoms with Crippen LogP contribution in [-0.2, 0) is 0 Å². The zero-order chi connectivity index (χ0) is 12.5. The van der Waals surface area contributed by atoms with Gasteiger partial charge >= 0.3 is 6.18 Å². The van der Waals surface area contributed by atoms with Crippen LogP contribution in [0.4, 0.5) is 13.2 Å². The van der Waals surface area contributed by atoms with E-state index in [4.69, 9.17) is 0 Å². The van der Waals surface area contributed by atoms with Gasteiger partial charge in [0.2, 0.25) is 0 Å². The highest BCUT2D eigenvalue weighted by atomic mass is 19.4. The van der Waals surface area contributed by atoms with E-state index < -0.39 is 12.2 Å². The van der Waals surface area contributed by atoms with Crippen molar-refractivity contribution in [3.63, 3.8) is 0 Å². The van der Waals surface area contributed by atoms with Gasteiger partial charge in [-0.15, -0.1) is 0 Å². The highest BCUT2D eigenvalue weighted by molar-refractivity contribution is 5.33. The minimum absolute atomic E-state index is 0.322. The molecule has 0 spiro atoms. The number of halogens is 3. The van der Waals surface area contributed by atoms with E-state index in [0.29, 0.717) is 11.1 Å². The Kier molecular flexibility index (Phi) is 3.63. The maximum Gasteiger partial charge on any atom is 0.408 e. The van der Waals surface area contributed by atoms with E-state index in [1.165, 1.54) is 19.0 Å². The maximum atomic E-state index is 12.9. The molecule has 1 rings (SSSR count). The lowest BCUT2D eigenvalue weighted by molar-refractivity contribution is -0.179. The fourth-order valence-corrected chi connectivity index (χ4v) is 1.88. The first-order valence-corrected chi connectivity index (χ1v) is 5.03. The molecule has 1 aromatic carbocycles. The average Bonchev–Trinajstić information content (AvgIpc) is 2.06. The van der Waals surface area contributed by atoms with Crippen LogP contribution in [0.5, 0.6) is 0 Å². The van der Waals surface area contributed by atoms with Crippen molar-refractivity contribution in [2.24, 2.45) is 0 Å². The number of nitrogens with zero attached hydrogens (tertiary/aromatic N) is 1. The first-order chi connectivity index (χ1) is 7.23. The molecule has 0 aromatic heterocycles. The van der Waals surface area contributed by atoms with Gasteiger partial charge in [-0.2, -0.15) is 13.2 Å². The topological polar surface area (TPSA) is 3.24 Å². The summed E-state index contributed by atoms with van der Waals surface area (Å²) in [6.07, 6.45) is -4.25. The normalized spacial score (nSPS) is 14.2. The van der Waals surface area contributed by atoms with Crippen LogP contribution >= 0.6 is 0 Å². The highest BCUT2D eigenvalue weighted by Gasteiger charge is 2.42. The number of hydrogen-bond donors (Lipinski definition) is 0. The summed E-state index contributed by atoms with van der Waals surface area (Å²) in [5.41, 5.74) is 1.97. The van der Waals surface area contributed by atoms with Crippen molar-refractivity contribution in [3.05, 3.63) is 34.9 Å². The molecule has 0 bridgehead atoms. The lowest BCUT2D eigenvalue weighted by Crippen LogP contribution is -2.33. The van der Waals surface area contributed by atoms with Crippen LogP contribution in [0, 0.1) is 13.8 Å². The molecule has 0 aliphatic rings. The number of aryl methyl sites for hydroxylation is 2. The first-order valence-electron chi connectivity index (χ1n) is 5.03. The highest BCUT2D eigenvalue weighted by Crippen LogP contribution is 2.37. The summed E-state index contributed by atoms with van der Waals surface area (Å²) in [5.74, 6) is 0. The third kappa shape index (κ3) is 2.76. The number of rotatable bonds is 2. The van der Waals surface area contributed by atoms with Gasteiger partial charge < -0.3 is 0 Å². The van der Waals surface area contributed by atoms with Crippen molar-refractivity contribution >= 4 is 0 Å². The van der Waals surface area contributed by atoms with E-state index in [0.717, 1.165) is 5.56 Å². The third-order valence-corrected chi connectivity index (χ3v) is 2.55. The molecule has 0 saturated heterocycles. The fourth-order valence-electron chi connectivity index (χ4n) is 1.88. The van der Waals surface area contributed by atoms with Gasteiger partial charge in [-0.1, -0.05) is 23.8 Å². The molecule has 1 aromatic rings. The molecule has 0 aliphatic heterocycles. The Morgan fingerprint density at radius 3 is 2.06 bits per heavy atom. The molecule has 0 heterocycles. The zero-order valence-corrected chi connectivity index (χ0v) is 9.89. The van der Waals surface area contributed by atoms with Crippen LogP contribution in [0.1, 0.15) is 22.7 Å². The van der Waals surface area contributed by atoms with Crippen LogP contribution in [0.15, 0.2) is 18.2 Å². The van der Waals surface area contributed by atoms with Crippen LogP contribution in [-0.4, -0.2) is 25.2 Å². The molecule has 1 atom stereocenters. The molecule has 4 heteroatoms. The van der Waals surface area contributed by atoms with Gasteiger partial charge in [0.05, 0.1) is 0 Å². The predicted molar refractivity (Wildman–Crippen MR) is 58.4 cm³/mol. The second-order valence-corrected chi connectivity index (χ2v) is 4.27. The molecule has 16 heavy (non-hydrogen) atoms. The first kappa shape index (κ1) is 13.0. The minimum Gasteiger partial charge on any atom is -0.295 e. The fraction of sp³-hybridized carbons (Fsp3) is 0.500. The Labute approximate surface area is 93.9 Å². The zero-order valence-electron chi connectivity index (χ0n) is 9.89. The van der Waals surface area contributed by atoms with Gasteiger partial charge in [-0.05, 0) is 39.1 Å². The Balaban J connectivity index is 3.22. The Hall–Kier alpha value is -1.03. The summed E-state index contributed by atoms with van der Waals surface area (Å²) in [6.45, 7) is 3.58. The van der Waals surface area contributed by atoms with Gasteiger partial charge in [0.25, 0.3) is 0 Å². The second-order valence-electron chi connectivity index (χ2n) is 4.27. The molecular formula is C12H16F3N. The molecule has 0 N–H and O–H groups in total. The summed E-state index contributed by atoms with van der Waals surface area (Å²) >= 11 is 0. The van der Waals surface area contributed by atoms with Crippen LogP contribution in [0.2, 0.25) is 0 Å². The molecule has 1 unspecified atom stereocenters. The Bertz CT molecular complexity index is 369. The quantitative estimate of drug-likeness (QED) is 0.753. The van der Waals surface area contributed by atoms with E-state index in [1.807, 2.05) is 6.92 Å². The number of benzene rings is 1. The molecule has 0 radical (unpaired) electrons. The average molecular weight is 231 g/mol. The van der Waals surface area contributed by atoms with Crippen LogP contribution < -0.4 is 0 Å². The Morgan fingerprint density at radius 2 is 1.69 bits per heavy atom. The second kappa shape index (κ2) is 4.45. The summed E-state index contributed by atoms with van der Waals surface area (Å²) in [4.78, 5) is 1.19. The third-order valence-electron chi connectivity index (χ3n) is 2.55. The summed E-state index contributed by atoms with van der Waals surface area (Å²) < 4.78 is 38.7. The maximum absolute atomic E-state index is 12.9. The van der Waals surface area contributed by atoms with Crippen molar-refractivity contribution in [1.82, 2.24) is 4.90 Å². The lowest BCUT2D eigenvalue weighted by Gasteiger charge is -2.28. The number of hydrogen-bond acceptors (Lipinski definition) is 1. The Morgan fingerprint density at radius 1 is 1.12 bits per heavy atom. The van der Waals surface area contributed by atoms with E-state index in [2.05, 4.69) is 0 Å². The molecular weight excluding hydrogens is 215 g/mol. The van der Waals surface area contributed by atoms with Crippen molar-refractivity contribution in [2.45, 2.75) is 26.1 Å². The summed E-state index contributed by atoms with van der Waals surface area (Å²) in [6, 6.07) is 3.51. The molecule has 0 aliphatic carbocycles. The van der Waals surface area contributed by atoms with Crippen molar-refractivity contribution < 1.29 is 13.2 Å². The SMILES string of the molecule is Cc1ccc(C(N(C)C)C(F)(F)F)c(C)c1. The van der Waals surface area contributed by atoms with Gasteiger partial charge in [-0.25, -0.2) is 0 Å². The van der Waals surface area contributed by atoms with Gasteiger partial charge in [0.1, 0.15) is 6.04 Å². The van der Waals surface area contributed by atoms with E-state index in [9.17, 15) is 13.2 Å². The molecule has 0 amide bonds. The van der Waals surface area contributed by atoms with Gasteiger partial charge in [0.15, 0.2) is 0 Å². The monoisotopic (exact) mass is 231 g/mol. The van der Waals surface area contributed by atoms with Gasteiger partial charge in [0, 0.05) is 0 Å².